The van der Waals surface area contributed by atoms with E-state index in [4.69, 9.17) is 0 Å². The van der Waals surface area contributed by atoms with Crippen LogP contribution in [0.3, 0.4) is 0 Å². The molecule has 128 valence electrons. The molecule has 1 aromatic rings. The lowest BCUT2D eigenvalue weighted by Gasteiger charge is -2.60. The molecule has 0 bridgehead atoms. The molecule has 2 heteroatoms. The molecule has 0 aliphatic carbocycles. The minimum Gasteiger partial charge on any atom is -0.340 e. The van der Waals surface area contributed by atoms with Crippen LogP contribution in [-0.4, -0.2) is 30.1 Å². The zero-order valence-electron chi connectivity index (χ0n) is 15.3. The summed E-state index contributed by atoms with van der Waals surface area (Å²) in [5.41, 5.74) is 5.12. The highest BCUT2D eigenvalue weighted by atomic mass is 15.3. The second-order valence-electron chi connectivity index (χ2n) is 8.71. The van der Waals surface area contributed by atoms with Gasteiger partial charge in [0.05, 0.1) is 6.04 Å². The third-order valence-corrected chi connectivity index (χ3v) is 7.39. The summed E-state index contributed by atoms with van der Waals surface area (Å²) in [5.74, 6) is 1.33. The van der Waals surface area contributed by atoms with Crippen molar-refractivity contribution in [3.05, 3.63) is 41.6 Å². The van der Waals surface area contributed by atoms with E-state index in [0.717, 1.165) is 5.92 Å². The molecule has 4 aliphatic rings. The van der Waals surface area contributed by atoms with E-state index >= 15 is 0 Å². The summed E-state index contributed by atoms with van der Waals surface area (Å²) in [7, 11) is 0. The van der Waals surface area contributed by atoms with Crippen molar-refractivity contribution < 1.29 is 0 Å². The number of nitrogens with zero attached hydrogens (tertiary/aromatic N) is 2. The fourth-order valence-electron chi connectivity index (χ4n) is 6.37. The van der Waals surface area contributed by atoms with Crippen LogP contribution in [-0.2, 0) is 0 Å². The van der Waals surface area contributed by atoms with Gasteiger partial charge in [0.15, 0.2) is 0 Å². The van der Waals surface area contributed by atoms with Crippen molar-refractivity contribution in [1.29, 1.82) is 0 Å². The number of para-hydroxylation sites is 1. The second-order valence-corrected chi connectivity index (χ2v) is 8.71. The molecule has 24 heavy (non-hydrogen) atoms. The van der Waals surface area contributed by atoms with Crippen molar-refractivity contribution >= 4 is 5.69 Å². The zero-order chi connectivity index (χ0) is 16.5. The van der Waals surface area contributed by atoms with Gasteiger partial charge in [-0.05, 0) is 56.3 Å². The summed E-state index contributed by atoms with van der Waals surface area (Å²) in [6.07, 6.45) is 8.10. The van der Waals surface area contributed by atoms with Crippen LogP contribution in [0.1, 0.15) is 57.9 Å². The first kappa shape index (κ1) is 15.0. The van der Waals surface area contributed by atoms with E-state index in [9.17, 15) is 0 Å². The van der Waals surface area contributed by atoms with E-state index in [0.29, 0.717) is 23.4 Å². The van der Waals surface area contributed by atoms with Crippen molar-refractivity contribution in [3.8, 4) is 0 Å². The molecule has 2 fully saturated rings. The number of allylic oxidation sites excluding steroid dienone is 1. The Balaban J connectivity index is 1.75. The fraction of sp³-hybridized carbons (Fsp3) is 0.636. The first-order valence-electron chi connectivity index (χ1n) is 10.0. The molecule has 0 spiro atoms. The Morgan fingerprint density at radius 3 is 2.83 bits per heavy atom. The molecule has 2 unspecified atom stereocenters. The normalized spacial score (nSPS) is 37.2. The summed E-state index contributed by atoms with van der Waals surface area (Å²) >= 11 is 0. The molecule has 2 saturated heterocycles. The minimum absolute atomic E-state index is 0.403. The van der Waals surface area contributed by atoms with E-state index < -0.39 is 0 Å². The van der Waals surface area contributed by atoms with Gasteiger partial charge in [-0.2, -0.15) is 0 Å². The summed E-state index contributed by atoms with van der Waals surface area (Å²) in [5, 5.41) is 0. The van der Waals surface area contributed by atoms with Crippen LogP contribution in [0.4, 0.5) is 5.69 Å². The molecule has 0 N–H and O–H groups in total. The van der Waals surface area contributed by atoms with Crippen LogP contribution in [0, 0.1) is 11.3 Å². The van der Waals surface area contributed by atoms with Gasteiger partial charge in [0.2, 0.25) is 0 Å². The molecule has 0 radical (unpaired) electrons. The van der Waals surface area contributed by atoms with Crippen LogP contribution in [0.2, 0.25) is 0 Å². The fourth-order valence-corrected chi connectivity index (χ4v) is 6.37. The zero-order valence-corrected chi connectivity index (χ0v) is 15.3. The van der Waals surface area contributed by atoms with Crippen molar-refractivity contribution in [3.63, 3.8) is 0 Å². The maximum absolute atomic E-state index is 2.85. The van der Waals surface area contributed by atoms with Gasteiger partial charge >= 0.3 is 0 Å². The van der Waals surface area contributed by atoms with Crippen LogP contribution in [0.25, 0.3) is 0 Å². The van der Waals surface area contributed by atoms with Crippen LogP contribution in [0.5, 0.6) is 0 Å². The number of rotatable bonds is 2. The number of piperidine rings is 2. The van der Waals surface area contributed by atoms with Crippen LogP contribution < -0.4 is 4.90 Å². The standard InChI is InChI=1S/C22H30N2/c1-4-22-11-7-12-23-13-10-17-16-8-5-6-9-18(16)24(20(17)21(22)23)19(14-22)15(2)3/h5-6,8-9,14-15,17,20-21H,4,7,10-13H2,1-3H3/t17?,20?,21-,22-/m0/s1. The predicted octanol–water partition coefficient (Wildman–Crippen LogP) is 4.78. The van der Waals surface area contributed by atoms with E-state index in [2.05, 4.69) is 60.9 Å². The Morgan fingerprint density at radius 2 is 2.04 bits per heavy atom. The molecule has 0 saturated carbocycles. The molecule has 2 nitrogen and oxygen atoms in total. The number of hydrogen-bond donors (Lipinski definition) is 0. The van der Waals surface area contributed by atoms with Crippen molar-refractivity contribution in [2.75, 3.05) is 18.0 Å². The molecule has 4 aliphatic heterocycles. The van der Waals surface area contributed by atoms with Gasteiger partial charge in [-0.25, -0.2) is 0 Å². The summed E-state index contributed by atoms with van der Waals surface area (Å²) in [6.45, 7) is 9.80. The Labute approximate surface area is 146 Å². The smallest absolute Gasteiger partial charge is 0.0572 e. The lowest BCUT2D eigenvalue weighted by atomic mass is 9.62. The average molecular weight is 322 g/mol. The van der Waals surface area contributed by atoms with Gasteiger partial charge < -0.3 is 4.90 Å². The lowest BCUT2D eigenvalue weighted by Crippen LogP contribution is -2.67. The quantitative estimate of drug-likeness (QED) is 0.773. The first-order valence-corrected chi connectivity index (χ1v) is 10.0. The molecular weight excluding hydrogens is 292 g/mol. The average Bonchev–Trinajstić information content (AvgIpc) is 2.95. The van der Waals surface area contributed by atoms with Gasteiger partial charge in [0.1, 0.15) is 0 Å². The molecule has 1 aromatic carbocycles. The Hall–Kier alpha value is -1.28. The molecule has 0 amide bonds. The number of fused-ring (bicyclic) bond motifs is 3. The third-order valence-electron chi connectivity index (χ3n) is 7.39. The highest BCUT2D eigenvalue weighted by Crippen LogP contribution is 2.58. The highest BCUT2D eigenvalue weighted by molar-refractivity contribution is 5.68. The van der Waals surface area contributed by atoms with Crippen molar-refractivity contribution in [1.82, 2.24) is 4.90 Å². The van der Waals surface area contributed by atoms with Crippen molar-refractivity contribution in [2.24, 2.45) is 11.3 Å². The Morgan fingerprint density at radius 1 is 1.21 bits per heavy atom. The Bertz CT molecular complexity index is 691. The summed E-state index contributed by atoms with van der Waals surface area (Å²) < 4.78 is 0. The Kier molecular flexibility index (Phi) is 3.20. The van der Waals surface area contributed by atoms with Gasteiger partial charge in [0, 0.05) is 28.8 Å². The highest BCUT2D eigenvalue weighted by Gasteiger charge is 2.58. The van der Waals surface area contributed by atoms with Crippen LogP contribution in [0.15, 0.2) is 36.0 Å². The number of anilines is 1. The van der Waals surface area contributed by atoms with E-state index in [1.807, 2.05) is 0 Å². The largest absolute Gasteiger partial charge is 0.340 e. The van der Waals surface area contributed by atoms with E-state index in [1.165, 1.54) is 44.5 Å². The first-order chi connectivity index (χ1) is 11.7. The summed E-state index contributed by atoms with van der Waals surface area (Å²) in [6, 6.07) is 10.6. The van der Waals surface area contributed by atoms with Gasteiger partial charge in [-0.15, -0.1) is 0 Å². The third kappa shape index (κ3) is 1.76. The molecule has 4 atom stereocenters. The second kappa shape index (κ2) is 5.11. The van der Waals surface area contributed by atoms with Gasteiger partial charge in [-0.1, -0.05) is 45.0 Å². The predicted molar refractivity (Wildman–Crippen MR) is 100 cm³/mol. The minimum atomic E-state index is 0.403. The lowest BCUT2D eigenvalue weighted by molar-refractivity contribution is -0.0108. The molecule has 5 rings (SSSR count). The topological polar surface area (TPSA) is 6.48 Å². The maximum atomic E-state index is 2.85. The molecule has 0 aromatic heterocycles. The van der Waals surface area contributed by atoms with Gasteiger partial charge in [0.25, 0.3) is 0 Å². The van der Waals surface area contributed by atoms with Crippen molar-refractivity contribution in [2.45, 2.75) is 64.5 Å². The van der Waals surface area contributed by atoms with Gasteiger partial charge in [-0.3, -0.25) is 4.90 Å². The maximum Gasteiger partial charge on any atom is 0.0572 e. The molecular formula is C22H30N2. The van der Waals surface area contributed by atoms with E-state index in [-0.39, 0.29) is 0 Å². The van der Waals surface area contributed by atoms with Crippen LogP contribution >= 0.6 is 0 Å². The number of benzene rings is 1. The SMILES string of the molecule is CC[C@@]12C=C(C(C)C)N3c4ccccc4C4CCN(CCC1)[C@H]2C43. The monoisotopic (exact) mass is 322 g/mol. The summed E-state index contributed by atoms with van der Waals surface area (Å²) in [4.78, 5) is 5.61. The van der Waals surface area contributed by atoms with E-state index in [1.54, 1.807) is 11.3 Å². The number of hydrogen-bond acceptors (Lipinski definition) is 2. The molecule has 4 heterocycles.